The molecule has 1 atom stereocenters. The van der Waals surface area contributed by atoms with Gasteiger partial charge in [0.1, 0.15) is 0 Å². The summed E-state index contributed by atoms with van der Waals surface area (Å²) in [7, 11) is 0. The van der Waals surface area contributed by atoms with E-state index in [1.165, 1.54) is 0 Å². The third kappa shape index (κ3) is 3.22. The van der Waals surface area contributed by atoms with E-state index in [4.69, 9.17) is 0 Å². The Bertz CT molecular complexity index is 2420. The molecule has 9 rings (SSSR count). The van der Waals surface area contributed by atoms with E-state index in [0.717, 1.165) is 26.4 Å². The van der Waals surface area contributed by atoms with Crippen molar-refractivity contribution in [3.05, 3.63) is 143 Å². The molecule has 0 radical (unpaired) electrons. The highest BCUT2D eigenvalue weighted by Crippen LogP contribution is 2.46. The third-order valence-corrected chi connectivity index (χ3v) is 9.23. The Kier molecular flexibility index (Phi) is 5.20. The summed E-state index contributed by atoms with van der Waals surface area (Å²) in [5.41, 5.74) is 1.71. The Balaban J connectivity index is 1.27. The van der Waals surface area contributed by atoms with Crippen molar-refractivity contribution >= 4 is 72.6 Å². The van der Waals surface area contributed by atoms with Crippen molar-refractivity contribution in [2.45, 2.75) is 6.23 Å². The van der Waals surface area contributed by atoms with Crippen LogP contribution in [0.1, 0.15) is 63.6 Å². The largest absolute Gasteiger partial charge is 0.369 e. The zero-order valence-corrected chi connectivity index (χ0v) is 23.9. The monoisotopic (exact) mass is 600 g/mol. The van der Waals surface area contributed by atoms with E-state index in [-0.39, 0.29) is 16.7 Å². The lowest BCUT2D eigenvalue weighted by atomic mass is 9.82. The molecule has 0 bridgehead atoms. The molecule has 0 saturated heterocycles. The van der Waals surface area contributed by atoms with E-state index in [0.29, 0.717) is 43.1 Å². The van der Waals surface area contributed by atoms with Gasteiger partial charge in [0.15, 0.2) is 6.23 Å². The highest BCUT2D eigenvalue weighted by atomic mass is 16.3. The normalized spacial score (nSPS) is 15.2. The molecule has 2 heterocycles. The Morgan fingerprint density at radius 2 is 0.870 bits per heavy atom. The van der Waals surface area contributed by atoms with Crippen LogP contribution in [-0.4, -0.2) is 44.4 Å². The molecule has 2 aliphatic rings. The van der Waals surface area contributed by atoms with Gasteiger partial charge in [0.05, 0.1) is 0 Å². The summed E-state index contributed by atoms with van der Waals surface area (Å²) in [6.07, 6.45) is -1.46. The number of carbonyl (C=O) groups excluding carboxylic acids is 5. The van der Waals surface area contributed by atoms with Crippen molar-refractivity contribution in [1.82, 2.24) is 9.80 Å². The van der Waals surface area contributed by atoms with E-state index in [1.54, 1.807) is 109 Å². The van der Waals surface area contributed by atoms with Gasteiger partial charge in [-0.1, -0.05) is 72.8 Å². The van der Waals surface area contributed by atoms with Crippen LogP contribution in [-0.2, 0) is 0 Å². The van der Waals surface area contributed by atoms with Crippen LogP contribution in [0.4, 0.5) is 0 Å². The maximum Gasteiger partial charge on any atom is 0.268 e. The van der Waals surface area contributed by atoms with Crippen molar-refractivity contribution in [1.29, 1.82) is 0 Å². The van der Waals surface area contributed by atoms with Crippen LogP contribution in [0.5, 0.6) is 0 Å². The number of rotatable bonds is 3. The number of benzene rings is 7. The van der Waals surface area contributed by atoms with Crippen molar-refractivity contribution in [3.8, 4) is 0 Å². The molecule has 218 valence electrons. The average Bonchev–Trinajstić information content (AvgIpc) is 3.09. The molecule has 2 aliphatic heterocycles. The summed E-state index contributed by atoms with van der Waals surface area (Å²) in [6, 6.07) is 30.5. The number of hydrogen-bond acceptors (Lipinski definition) is 6. The van der Waals surface area contributed by atoms with Gasteiger partial charge in [-0.2, -0.15) is 0 Å². The van der Waals surface area contributed by atoms with Gasteiger partial charge in [-0.05, 0) is 68.7 Å². The summed E-state index contributed by atoms with van der Waals surface area (Å²) in [5.74, 6) is -3.29. The zero-order chi connectivity index (χ0) is 31.4. The third-order valence-electron chi connectivity index (χ3n) is 9.23. The molecule has 7 aromatic rings. The highest BCUT2D eigenvalue weighted by molar-refractivity contribution is 6.42. The van der Waals surface area contributed by atoms with Crippen LogP contribution in [0.25, 0.3) is 43.1 Å². The minimum atomic E-state index is -1.46. The highest BCUT2D eigenvalue weighted by Gasteiger charge is 2.40. The number of hydrogen-bond donors (Lipinski definition) is 1. The second-order valence-corrected chi connectivity index (χ2v) is 11.5. The molecule has 0 spiro atoms. The summed E-state index contributed by atoms with van der Waals surface area (Å²) < 4.78 is 0. The Hall–Kier alpha value is -6.25. The lowest BCUT2D eigenvalue weighted by Gasteiger charge is -2.32. The minimum absolute atomic E-state index is 0.228. The van der Waals surface area contributed by atoms with Crippen LogP contribution >= 0.6 is 0 Å². The van der Waals surface area contributed by atoms with Gasteiger partial charge in [-0.25, -0.2) is 9.80 Å². The van der Waals surface area contributed by atoms with Gasteiger partial charge in [0.2, 0.25) is 0 Å². The molecule has 8 nitrogen and oxygen atoms in total. The predicted molar refractivity (Wildman–Crippen MR) is 171 cm³/mol. The summed E-state index contributed by atoms with van der Waals surface area (Å²) in [6.45, 7) is 0. The standard InChI is InChI=1S/C38H20N2O6/c41-33(19-7-3-1-4-8-19)39-35(43)25-15-11-21-23-13-17-27-32-28(38(46)40(37(27)45)34(42)20-9-5-2-6-10-20)18-14-24(30(23)32)22-12-16-26(36(39)44)31(25)29(21)22/h1-18,33,41H. The number of carbonyl (C=O) groups is 5. The van der Waals surface area contributed by atoms with Gasteiger partial charge in [0, 0.05) is 44.2 Å². The Labute approximate surface area is 260 Å². The second kappa shape index (κ2) is 9.13. The molecule has 0 fully saturated rings. The fourth-order valence-corrected chi connectivity index (χ4v) is 7.18. The maximum atomic E-state index is 13.8. The van der Waals surface area contributed by atoms with Crippen LogP contribution < -0.4 is 0 Å². The van der Waals surface area contributed by atoms with Crippen LogP contribution in [0.2, 0.25) is 0 Å². The first kappa shape index (κ1) is 26.2. The summed E-state index contributed by atoms with van der Waals surface area (Å²) >= 11 is 0. The number of imide groups is 4. The molecule has 1 N–H and O–H groups in total. The van der Waals surface area contributed by atoms with Gasteiger partial charge in [0.25, 0.3) is 29.5 Å². The second-order valence-electron chi connectivity index (χ2n) is 11.5. The van der Waals surface area contributed by atoms with E-state index in [2.05, 4.69) is 0 Å². The number of aliphatic hydroxyl groups is 1. The average molecular weight is 601 g/mol. The quantitative estimate of drug-likeness (QED) is 0.142. The number of amides is 5. The first-order chi connectivity index (χ1) is 22.4. The first-order valence-corrected chi connectivity index (χ1v) is 14.7. The van der Waals surface area contributed by atoms with E-state index in [1.807, 2.05) is 0 Å². The van der Waals surface area contributed by atoms with Gasteiger partial charge in [-0.15, -0.1) is 0 Å². The van der Waals surface area contributed by atoms with Crippen molar-refractivity contribution < 1.29 is 29.1 Å². The predicted octanol–water partition coefficient (Wildman–Crippen LogP) is 6.46. The molecule has 46 heavy (non-hydrogen) atoms. The summed E-state index contributed by atoms with van der Waals surface area (Å²) in [5, 5.41) is 16.4. The van der Waals surface area contributed by atoms with Crippen LogP contribution in [0.3, 0.4) is 0 Å². The van der Waals surface area contributed by atoms with Crippen LogP contribution in [0.15, 0.2) is 109 Å². The molecule has 0 aliphatic carbocycles. The molecule has 8 heteroatoms. The molecule has 5 amide bonds. The first-order valence-electron chi connectivity index (χ1n) is 14.7. The van der Waals surface area contributed by atoms with E-state index >= 15 is 0 Å². The van der Waals surface area contributed by atoms with Crippen molar-refractivity contribution in [3.63, 3.8) is 0 Å². The van der Waals surface area contributed by atoms with E-state index < -0.39 is 35.8 Å². The maximum absolute atomic E-state index is 13.8. The number of aliphatic hydroxyl groups excluding tert-OH is 1. The minimum Gasteiger partial charge on any atom is -0.369 e. The Morgan fingerprint density at radius 1 is 0.478 bits per heavy atom. The molecule has 0 aromatic heterocycles. The fraction of sp³-hybridized carbons (Fsp3) is 0.0263. The van der Waals surface area contributed by atoms with Gasteiger partial charge in [-0.3, -0.25) is 24.0 Å². The smallest absolute Gasteiger partial charge is 0.268 e. The molecule has 0 saturated carbocycles. The lowest BCUT2D eigenvalue weighted by molar-refractivity contribution is 0.00860. The topological polar surface area (TPSA) is 112 Å². The van der Waals surface area contributed by atoms with Gasteiger partial charge >= 0.3 is 0 Å². The summed E-state index contributed by atoms with van der Waals surface area (Å²) in [4.78, 5) is 70.1. The molecule has 1 unspecified atom stereocenters. The number of nitrogens with zero attached hydrogens (tertiary/aromatic N) is 2. The fourth-order valence-electron chi connectivity index (χ4n) is 7.18. The molecular weight excluding hydrogens is 580 g/mol. The van der Waals surface area contributed by atoms with Crippen LogP contribution in [0, 0.1) is 0 Å². The van der Waals surface area contributed by atoms with E-state index in [9.17, 15) is 29.1 Å². The van der Waals surface area contributed by atoms with Gasteiger partial charge < -0.3 is 5.11 Å². The lowest BCUT2D eigenvalue weighted by Crippen LogP contribution is -2.44. The zero-order valence-electron chi connectivity index (χ0n) is 23.9. The van der Waals surface area contributed by atoms with Crippen molar-refractivity contribution in [2.24, 2.45) is 0 Å². The van der Waals surface area contributed by atoms with Crippen molar-refractivity contribution in [2.75, 3.05) is 0 Å². The molecular formula is C38H20N2O6. The SMILES string of the molecule is O=C(c1ccccc1)N1C(=O)c2ccc3c4ccc5c6c(ccc(c7ccc(c2c37)C1=O)c64)C(=O)N(C(O)c1ccccc1)C5=O. The Morgan fingerprint density at radius 3 is 1.30 bits per heavy atom. The number of fused-ring (bicyclic) bond motifs is 2. The molecule has 7 aromatic carbocycles.